The standard InChI is InChI=1S/C11H22N6O/c1-7(11(2,3)4)6-13-8-14-9(17-12)16-10(15-8)18-5/h7H,6,12H2,1-5H3,(H2,13,14,15,16,17). The first kappa shape index (κ1) is 14.4. The number of rotatable bonds is 5. The van der Waals surface area contributed by atoms with E-state index in [-0.39, 0.29) is 17.4 Å². The molecule has 1 heterocycles. The number of nitrogens with one attached hydrogen (secondary N) is 2. The number of hydrazine groups is 1. The number of hydrogen-bond donors (Lipinski definition) is 3. The van der Waals surface area contributed by atoms with Gasteiger partial charge in [0.1, 0.15) is 0 Å². The van der Waals surface area contributed by atoms with Crippen molar-refractivity contribution in [3.8, 4) is 6.01 Å². The molecule has 0 aliphatic carbocycles. The third kappa shape index (κ3) is 3.99. The van der Waals surface area contributed by atoms with Crippen LogP contribution < -0.4 is 21.3 Å². The predicted octanol–water partition coefficient (Wildman–Crippen LogP) is 1.26. The second-order valence-electron chi connectivity index (χ2n) is 5.26. The highest BCUT2D eigenvalue weighted by Gasteiger charge is 2.20. The van der Waals surface area contributed by atoms with E-state index in [2.05, 4.69) is 53.4 Å². The first-order valence-corrected chi connectivity index (χ1v) is 5.87. The molecule has 0 radical (unpaired) electrons. The van der Waals surface area contributed by atoms with E-state index in [1.807, 2.05) is 0 Å². The molecule has 18 heavy (non-hydrogen) atoms. The number of aromatic nitrogens is 3. The summed E-state index contributed by atoms with van der Waals surface area (Å²) in [6.45, 7) is 9.52. The van der Waals surface area contributed by atoms with Crippen LogP contribution in [-0.4, -0.2) is 28.6 Å². The summed E-state index contributed by atoms with van der Waals surface area (Å²) in [5, 5.41) is 3.16. The molecule has 0 saturated heterocycles. The molecule has 7 nitrogen and oxygen atoms in total. The van der Waals surface area contributed by atoms with Crippen LogP contribution in [0.25, 0.3) is 0 Å². The predicted molar refractivity (Wildman–Crippen MR) is 71.3 cm³/mol. The summed E-state index contributed by atoms with van der Waals surface area (Å²) in [4.78, 5) is 12.1. The normalized spacial score (nSPS) is 13.0. The fourth-order valence-corrected chi connectivity index (χ4v) is 1.14. The van der Waals surface area contributed by atoms with Crippen molar-refractivity contribution in [1.82, 2.24) is 15.0 Å². The van der Waals surface area contributed by atoms with Gasteiger partial charge in [0.15, 0.2) is 0 Å². The van der Waals surface area contributed by atoms with E-state index in [0.717, 1.165) is 6.54 Å². The summed E-state index contributed by atoms with van der Waals surface area (Å²) in [5.41, 5.74) is 2.60. The number of hydrogen-bond acceptors (Lipinski definition) is 7. The van der Waals surface area contributed by atoms with Gasteiger partial charge in [-0.3, -0.25) is 5.43 Å². The van der Waals surface area contributed by atoms with Crippen molar-refractivity contribution in [2.75, 3.05) is 24.4 Å². The van der Waals surface area contributed by atoms with Gasteiger partial charge in [-0.1, -0.05) is 27.7 Å². The lowest BCUT2D eigenvalue weighted by Crippen LogP contribution is -2.25. The Morgan fingerprint density at radius 3 is 2.33 bits per heavy atom. The topological polar surface area (TPSA) is 98.0 Å². The Bertz CT molecular complexity index is 367. The van der Waals surface area contributed by atoms with E-state index in [9.17, 15) is 0 Å². The van der Waals surface area contributed by atoms with E-state index in [1.165, 1.54) is 7.11 Å². The van der Waals surface area contributed by atoms with Crippen LogP contribution in [0.2, 0.25) is 0 Å². The van der Waals surface area contributed by atoms with E-state index < -0.39 is 0 Å². The Kier molecular flexibility index (Phi) is 4.66. The molecule has 1 unspecified atom stereocenters. The number of nitrogen functional groups attached to an aromatic ring is 1. The molecule has 0 aliphatic rings. The number of nitrogens with zero attached hydrogens (tertiary/aromatic N) is 3. The maximum atomic E-state index is 5.28. The summed E-state index contributed by atoms with van der Waals surface area (Å²) >= 11 is 0. The van der Waals surface area contributed by atoms with Crippen LogP contribution >= 0.6 is 0 Å². The molecule has 102 valence electrons. The second-order valence-corrected chi connectivity index (χ2v) is 5.26. The highest BCUT2D eigenvalue weighted by Crippen LogP contribution is 2.25. The maximum absolute atomic E-state index is 5.28. The zero-order valence-corrected chi connectivity index (χ0v) is 11.6. The Morgan fingerprint density at radius 2 is 1.83 bits per heavy atom. The molecule has 0 amide bonds. The SMILES string of the molecule is COc1nc(NN)nc(NCC(C)C(C)(C)C)n1. The molecule has 0 fully saturated rings. The van der Waals surface area contributed by atoms with E-state index in [4.69, 9.17) is 10.6 Å². The number of anilines is 2. The zero-order chi connectivity index (χ0) is 13.8. The molecular formula is C11H22N6O. The minimum absolute atomic E-state index is 0.221. The van der Waals surface area contributed by atoms with Crippen LogP contribution in [0.4, 0.5) is 11.9 Å². The first-order valence-electron chi connectivity index (χ1n) is 5.87. The molecule has 1 rings (SSSR count). The lowest BCUT2D eigenvalue weighted by atomic mass is 9.82. The summed E-state index contributed by atoms with van der Waals surface area (Å²) in [5.74, 6) is 6.47. The Morgan fingerprint density at radius 1 is 1.22 bits per heavy atom. The summed E-state index contributed by atoms with van der Waals surface area (Å²) in [6.07, 6.45) is 0. The van der Waals surface area contributed by atoms with Crippen molar-refractivity contribution >= 4 is 11.9 Å². The smallest absolute Gasteiger partial charge is 0.322 e. The number of nitrogens with two attached hydrogens (primary N) is 1. The monoisotopic (exact) mass is 254 g/mol. The van der Waals surface area contributed by atoms with Crippen molar-refractivity contribution in [2.45, 2.75) is 27.7 Å². The van der Waals surface area contributed by atoms with Crippen LogP contribution in [0.1, 0.15) is 27.7 Å². The first-order chi connectivity index (χ1) is 8.36. The molecule has 1 aromatic rings. The molecule has 1 atom stereocenters. The lowest BCUT2D eigenvalue weighted by molar-refractivity contribution is 0.274. The van der Waals surface area contributed by atoms with Crippen molar-refractivity contribution in [3.63, 3.8) is 0 Å². The van der Waals surface area contributed by atoms with Gasteiger partial charge in [0, 0.05) is 6.54 Å². The molecule has 0 aliphatic heterocycles. The molecule has 7 heteroatoms. The second kappa shape index (κ2) is 5.81. The van der Waals surface area contributed by atoms with Gasteiger partial charge >= 0.3 is 6.01 Å². The average molecular weight is 254 g/mol. The number of methoxy groups -OCH3 is 1. The van der Waals surface area contributed by atoms with Crippen LogP contribution in [0, 0.1) is 11.3 Å². The van der Waals surface area contributed by atoms with Gasteiger partial charge in [0.2, 0.25) is 11.9 Å². The highest BCUT2D eigenvalue weighted by atomic mass is 16.5. The summed E-state index contributed by atoms with van der Waals surface area (Å²) in [6, 6.07) is 0.226. The van der Waals surface area contributed by atoms with Crippen molar-refractivity contribution in [3.05, 3.63) is 0 Å². The van der Waals surface area contributed by atoms with E-state index in [1.54, 1.807) is 0 Å². The molecule has 0 aromatic carbocycles. The van der Waals surface area contributed by atoms with Gasteiger partial charge in [-0.15, -0.1) is 0 Å². The summed E-state index contributed by atoms with van der Waals surface area (Å²) in [7, 11) is 1.50. The van der Waals surface area contributed by atoms with Crippen LogP contribution in [-0.2, 0) is 0 Å². The average Bonchev–Trinajstić information content (AvgIpc) is 2.34. The Hall–Kier alpha value is -1.63. The van der Waals surface area contributed by atoms with Gasteiger partial charge in [-0.25, -0.2) is 5.84 Å². The molecule has 0 bridgehead atoms. The highest BCUT2D eigenvalue weighted by molar-refractivity contribution is 5.34. The summed E-state index contributed by atoms with van der Waals surface area (Å²) < 4.78 is 4.97. The molecule has 0 spiro atoms. The van der Waals surface area contributed by atoms with Gasteiger partial charge in [0.05, 0.1) is 7.11 Å². The van der Waals surface area contributed by atoms with Crippen LogP contribution in [0.3, 0.4) is 0 Å². The van der Waals surface area contributed by atoms with Gasteiger partial charge < -0.3 is 10.1 Å². The largest absolute Gasteiger partial charge is 0.467 e. The van der Waals surface area contributed by atoms with Crippen LogP contribution in [0.5, 0.6) is 6.01 Å². The fraction of sp³-hybridized carbons (Fsp3) is 0.727. The third-order valence-corrected chi connectivity index (χ3v) is 2.97. The van der Waals surface area contributed by atoms with E-state index in [0.29, 0.717) is 11.9 Å². The van der Waals surface area contributed by atoms with E-state index >= 15 is 0 Å². The quantitative estimate of drug-likeness (QED) is 0.537. The number of ether oxygens (including phenoxy) is 1. The minimum atomic E-state index is 0.221. The van der Waals surface area contributed by atoms with Crippen molar-refractivity contribution in [1.29, 1.82) is 0 Å². The van der Waals surface area contributed by atoms with Crippen molar-refractivity contribution in [2.24, 2.45) is 17.2 Å². The fourth-order valence-electron chi connectivity index (χ4n) is 1.14. The third-order valence-electron chi connectivity index (χ3n) is 2.97. The van der Waals surface area contributed by atoms with Crippen LogP contribution in [0.15, 0.2) is 0 Å². The Balaban J connectivity index is 2.72. The molecular weight excluding hydrogens is 232 g/mol. The Labute approximate surface area is 108 Å². The lowest BCUT2D eigenvalue weighted by Gasteiger charge is -2.27. The van der Waals surface area contributed by atoms with Gasteiger partial charge in [0.25, 0.3) is 0 Å². The van der Waals surface area contributed by atoms with Gasteiger partial charge in [-0.2, -0.15) is 15.0 Å². The maximum Gasteiger partial charge on any atom is 0.322 e. The van der Waals surface area contributed by atoms with Crippen molar-refractivity contribution < 1.29 is 4.74 Å². The van der Waals surface area contributed by atoms with Gasteiger partial charge in [-0.05, 0) is 11.3 Å². The molecule has 1 aromatic heterocycles. The molecule has 4 N–H and O–H groups in total. The zero-order valence-electron chi connectivity index (χ0n) is 11.6. The minimum Gasteiger partial charge on any atom is -0.467 e. The molecule has 0 saturated carbocycles.